The van der Waals surface area contributed by atoms with Gasteiger partial charge in [0.2, 0.25) is 0 Å². The molecule has 1 atom stereocenters. The lowest BCUT2D eigenvalue weighted by molar-refractivity contribution is -0.139. The summed E-state index contributed by atoms with van der Waals surface area (Å²) in [6.45, 7) is 5.38. The molecule has 1 aliphatic heterocycles. The average molecular weight is 312 g/mol. The van der Waals surface area contributed by atoms with Gasteiger partial charge in [0, 0.05) is 42.4 Å². The molecule has 2 amide bonds. The van der Waals surface area contributed by atoms with Crippen molar-refractivity contribution >= 4 is 23.8 Å². The minimum Gasteiger partial charge on any atom is -0.479 e. The Labute approximate surface area is 127 Å². The Kier molecular flexibility index (Phi) is 4.46. The number of hydrogen-bond acceptors (Lipinski definition) is 4. The van der Waals surface area contributed by atoms with Gasteiger partial charge in [-0.25, -0.2) is 9.59 Å². The van der Waals surface area contributed by atoms with E-state index in [0.717, 1.165) is 5.75 Å². The Morgan fingerprint density at radius 1 is 1.52 bits per heavy atom. The number of aromatic nitrogens is 2. The fraction of sp³-hybridized carbons (Fsp3) is 0.615. The molecule has 0 bridgehead atoms. The summed E-state index contributed by atoms with van der Waals surface area (Å²) >= 11 is 1.82. The second-order valence-corrected chi connectivity index (χ2v) is 7.50. The van der Waals surface area contributed by atoms with Gasteiger partial charge in [-0.05, 0) is 13.8 Å². The van der Waals surface area contributed by atoms with Crippen LogP contribution in [0.1, 0.15) is 25.5 Å². The first-order chi connectivity index (χ1) is 9.78. The van der Waals surface area contributed by atoms with Crippen molar-refractivity contribution in [2.45, 2.75) is 24.6 Å². The van der Waals surface area contributed by atoms with Gasteiger partial charge >= 0.3 is 12.0 Å². The molecule has 0 aromatic carbocycles. The number of nitrogens with zero attached hydrogens (tertiary/aromatic N) is 3. The zero-order chi connectivity index (χ0) is 15.6. The number of hydrogen-bond donors (Lipinski definition) is 2. The number of thioether (sulfide) groups is 1. The van der Waals surface area contributed by atoms with Crippen molar-refractivity contribution in [1.82, 2.24) is 20.0 Å². The number of carbonyl (C=O) groups is 2. The van der Waals surface area contributed by atoms with Crippen molar-refractivity contribution in [3.63, 3.8) is 0 Å². The number of aliphatic carboxylic acids is 1. The van der Waals surface area contributed by atoms with Crippen molar-refractivity contribution in [2.24, 2.45) is 7.05 Å². The Morgan fingerprint density at radius 2 is 2.24 bits per heavy atom. The summed E-state index contributed by atoms with van der Waals surface area (Å²) in [5.41, 5.74) is 0.462. The van der Waals surface area contributed by atoms with E-state index in [2.05, 4.69) is 24.3 Å². The molecular weight excluding hydrogens is 292 g/mol. The molecule has 1 saturated heterocycles. The second-order valence-electron chi connectivity index (χ2n) is 5.70. The Hall–Kier alpha value is -1.70. The second kappa shape index (κ2) is 5.97. The highest BCUT2D eigenvalue weighted by Gasteiger charge is 2.32. The van der Waals surface area contributed by atoms with Gasteiger partial charge in [-0.15, -0.1) is 0 Å². The van der Waals surface area contributed by atoms with E-state index in [1.807, 2.05) is 11.8 Å². The van der Waals surface area contributed by atoms with Crippen molar-refractivity contribution in [3.05, 3.63) is 18.0 Å². The van der Waals surface area contributed by atoms with Crippen molar-refractivity contribution in [2.75, 3.05) is 18.8 Å². The molecule has 0 spiro atoms. The maximum Gasteiger partial charge on any atom is 0.331 e. The standard InChI is InChI=1S/C13H20N4O3S/c1-13(2)8-17(4-5-21-13)12(20)15-10(11(18)19)9-6-14-16(3)7-9/h6-7,10H,4-5,8H2,1-3H3,(H,15,20)(H,18,19). The average Bonchev–Trinajstić information content (AvgIpc) is 2.80. The minimum atomic E-state index is -1.10. The molecule has 1 aliphatic rings. The van der Waals surface area contributed by atoms with Gasteiger partial charge in [-0.1, -0.05) is 0 Å². The Balaban J connectivity index is 2.07. The number of nitrogens with one attached hydrogen (secondary N) is 1. The van der Waals surface area contributed by atoms with Crippen LogP contribution in [0.5, 0.6) is 0 Å². The van der Waals surface area contributed by atoms with E-state index in [1.165, 1.54) is 10.9 Å². The third-order valence-corrected chi connectivity index (χ3v) is 4.58. The lowest BCUT2D eigenvalue weighted by Crippen LogP contribution is -2.51. The molecule has 21 heavy (non-hydrogen) atoms. The molecule has 0 radical (unpaired) electrons. The van der Waals surface area contributed by atoms with Crippen LogP contribution >= 0.6 is 11.8 Å². The van der Waals surface area contributed by atoms with E-state index < -0.39 is 12.0 Å². The zero-order valence-electron chi connectivity index (χ0n) is 12.4. The van der Waals surface area contributed by atoms with E-state index >= 15 is 0 Å². The van der Waals surface area contributed by atoms with Crippen LogP contribution in [0, 0.1) is 0 Å². The monoisotopic (exact) mass is 312 g/mol. The highest BCUT2D eigenvalue weighted by molar-refractivity contribution is 8.00. The number of rotatable bonds is 3. The van der Waals surface area contributed by atoms with E-state index in [0.29, 0.717) is 18.7 Å². The first kappa shape index (κ1) is 15.7. The normalized spacial score (nSPS) is 19.1. The van der Waals surface area contributed by atoms with Gasteiger partial charge in [0.1, 0.15) is 0 Å². The Morgan fingerprint density at radius 3 is 2.76 bits per heavy atom. The van der Waals surface area contributed by atoms with E-state index in [4.69, 9.17) is 0 Å². The largest absolute Gasteiger partial charge is 0.479 e. The molecular formula is C13H20N4O3S. The lowest BCUT2D eigenvalue weighted by Gasteiger charge is -2.37. The molecule has 0 aliphatic carbocycles. The van der Waals surface area contributed by atoms with Crippen LogP contribution in [-0.4, -0.2) is 55.4 Å². The van der Waals surface area contributed by atoms with Gasteiger partial charge in [-0.3, -0.25) is 4.68 Å². The quantitative estimate of drug-likeness (QED) is 0.872. The summed E-state index contributed by atoms with van der Waals surface area (Å²) < 4.78 is 1.50. The molecule has 8 heteroatoms. The number of amides is 2. The summed E-state index contributed by atoms with van der Waals surface area (Å²) in [5, 5.41) is 15.8. The number of urea groups is 1. The van der Waals surface area contributed by atoms with Gasteiger partial charge in [0.25, 0.3) is 0 Å². The van der Waals surface area contributed by atoms with Crippen LogP contribution in [0.2, 0.25) is 0 Å². The third-order valence-electron chi connectivity index (χ3n) is 3.29. The predicted molar refractivity (Wildman–Crippen MR) is 80.2 cm³/mol. The molecule has 2 N–H and O–H groups in total. The predicted octanol–water partition coefficient (Wildman–Crippen LogP) is 1.08. The molecule has 1 unspecified atom stereocenters. The fourth-order valence-electron chi connectivity index (χ4n) is 2.28. The smallest absolute Gasteiger partial charge is 0.331 e. The minimum absolute atomic E-state index is 0.0113. The fourth-order valence-corrected chi connectivity index (χ4v) is 3.39. The molecule has 2 heterocycles. The maximum absolute atomic E-state index is 12.3. The van der Waals surface area contributed by atoms with Crippen LogP contribution in [-0.2, 0) is 11.8 Å². The van der Waals surface area contributed by atoms with Crippen molar-refractivity contribution in [1.29, 1.82) is 0 Å². The molecule has 2 rings (SSSR count). The van der Waals surface area contributed by atoms with Crippen LogP contribution in [0.4, 0.5) is 4.79 Å². The number of carboxylic acid groups (broad SMARTS) is 1. The first-order valence-electron chi connectivity index (χ1n) is 6.69. The lowest BCUT2D eigenvalue weighted by atomic mass is 10.1. The first-order valence-corrected chi connectivity index (χ1v) is 7.68. The van der Waals surface area contributed by atoms with Gasteiger partial charge in [-0.2, -0.15) is 16.9 Å². The van der Waals surface area contributed by atoms with Crippen molar-refractivity contribution < 1.29 is 14.7 Å². The summed E-state index contributed by atoms with van der Waals surface area (Å²) in [6.07, 6.45) is 3.05. The van der Waals surface area contributed by atoms with Crippen LogP contribution in [0.3, 0.4) is 0 Å². The molecule has 0 saturated carbocycles. The van der Waals surface area contributed by atoms with Crippen LogP contribution in [0.25, 0.3) is 0 Å². The van der Waals surface area contributed by atoms with Gasteiger partial charge in [0.05, 0.1) is 6.20 Å². The number of aryl methyl sites for hydroxylation is 1. The van der Waals surface area contributed by atoms with Crippen LogP contribution in [0.15, 0.2) is 12.4 Å². The molecule has 1 fully saturated rings. The summed E-state index contributed by atoms with van der Waals surface area (Å²) in [5.74, 6) is -0.243. The molecule has 1 aromatic heterocycles. The van der Waals surface area contributed by atoms with Crippen LogP contribution < -0.4 is 5.32 Å². The highest BCUT2D eigenvalue weighted by atomic mass is 32.2. The topological polar surface area (TPSA) is 87.5 Å². The Bertz CT molecular complexity index is 543. The summed E-state index contributed by atoms with van der Waals surface area (Å²) in [4.78, 5) is 25.3. The molecule has 7 nitrogen and oxygen atoms in total. The van der Waals surface area contributed by atoms with E-state index in [9.17, 15) is 14.7 Å². The third kappa shape index (κ3) is 3.90. The molecule has 116 valence electrons. The number of carbonyl (C=O) groups excluding carboxylic acids is 1. The number of carboxylic acids is 1. The summed E-state index contributed by atoms with van der Waals surface area (Å²) in [6, 6.07) is -1.43. The zero-order valence-corrected chi connectivity index (χ0v) is 13.2. The van der Waals surface area contributed by atoms with E-state index in [-0.39, 0.29) is 10.8 Å². The van der Waals surface area contributed by atoms with E-state index in [1.54, 1.807) is 18.1 Å². The van der Waals surface area contributed by atoms with Crippen molar-refractivity contribution in [3.8, 4) is 0 Å². The maximum atomic E-state index is 12.3. The SMILES string of the molecule is Cn1cc(C(NC(=O)N2CCSC(C)(C)C2)C(=O)O)cn1. The molecule has 1 aromatic rings. The van der Waals surface area contributed by atoms with Gasteiger partial charge < -0.3 is 15.3 Å². The highest BCUT2D eigenvalue weighted by Crippen LogP contribution is 2.29. The van der Waals surface area contributed by atoms with Gasteiger partial charge in [0.15, 0.2) is 6.04 Å². The summed E-state index contributed by atoms with van der Waals surface area (Å²) in [7, 11) is 1.70.